The third kappa shape index (κ3) is 2.22. The lowest BCUT2D eigenvalue weighted by Crippen LogP contribution is -2.54. The van der Waals surface area contributed by atoms with Crippen molar-refractivity contribution in [2.75, 3.05) is 13.2 Å². The third-order valence-corrected chi connectivity index (χ3v) is 6.94. The van der Waals surface area contributed by atoms with Gasteiger partial charge in [0.15, 0.2) is 4.75 Å². The number of ether oxygens (including phenoxy) is 2. The van der Waals surface area contributed by atoms with Crippen molar-refractivity contribution in [2.45, 2.75) is 36.0 Å². The standard InChI is InChI=1S/C13H15F3O6S/c1-2-9(17)20-3-4-21-10-7-5-8-11(10)22-23(18,19)12(8,6-7)13(14,15)16/h2,7-8,10-11H,1,3-6H2. The van der Waals surface area contributed by atoms with E-state index in [0.29, 0.717) is 0 Å². The number of hydrogen-bond donors (Lipinski definition) is 0. The first-order valence-corrected chi connectivity index (χ1v) is 8.45. The molecule has 0 aromatic carbocycles. The van der Waals surface area contributed by atoms with Gasteiger partial charge in [0.2, 0.25) is 0 Å². The molecule has 0 aromatic rings. The monoisotopic (exact) mass is 356 g/mol. The zero-order valence-electron chi connectivity index (χ0n) is 11.9. The molecule has 2 saturated carbocycles. The molecule has 130 valence electrons. The average Bonchev–Trinajstić information content (AvgIpc) is 3.03. The molecule has 10 heteroatoms. The molecule has 0 N–H and O–H groups in total. The summed E-state index contributed by atoms with van der Waals surface area (Å²) >= 11 is 0. The van der Waals surface area contributed by atoms with Crippen LogP contribution >= 0.6 is 0 Å². The first-order valence-electron chi connectivity index (χ1n) is 7.04. The summed E-state index contributed by atoms with van der Waals surface area (Å²) in [6.45, 7) is 3.07. The molecule has 0 amide bonds. The number of carbonyl (C=O) groups excluding carboxylic acids is 1. The fourth-order valence-corrected chi connectivity index (χ4v) is 6.02. The van der Waals surface area contributed by atoms with Crippen molar-refractivity contribution in [1.82, 2.24) is 0 Å². The predicted octanol–water partition coefficient (Wildman–Crippen LogP) is 1.17. The van der Waals surface area contributed by atoms with Crippen molar-refractivity contribution in [3.05, 3.63) is 12.7 Å². The van der Waals surface area contributed by atoms with E-state index in [4.69, 9.17) is 13.7 Å². The molecule has 3 rings (SSSR count). The Labute approximate surface area is 130 Å². The normalized spacial score (nSPS) is 40.3. The zero-order valence-corrected chi connectivity index (χ0v) is 12.7. The van der Waals surface area contributed by atoms with Crippen LogP contribution in [-0.4, -0.2) is 50.7 Å². The Morgan fingerprint density at radius 2 is 2.09 bits per heavy atom. The minimum Gasteiger partial charge on any atom is -0.460 e. The van der Waals surface area contributed by atoms with E-state index in [9.17, 15) is 26.4 Å². The second-order valence-corrected chi connectivity index (χ2v) is 7.74. The molecule has 0 spiro atoms. The maximum absolute atomic E-state index is 13.4. The number of hydrogen-bond acceptors (Lipinski definition) is 6. The van der Waals surface area contributed by atoms with Gasteiger partial charge in [-0.1, -0.05) is 6.58 Å². The van der Waals surface area contributed by atoms with Crippen molar-refractivity contribution in [1.29, 1.82) is 0 Å². The van der Waals surface area contributed by atoms with Gasteiger partial charge in [-0.3, -0.25) is 4.18 Å². The molecule has 2 bridgehead atoms. The molecule has 5 unspecified atom stereocenters. The predicted molar refractivity (Wildman–Crippen MR) is 69.7 cm³/mol. The number of esters is 1. The van der Waals surface area contributed by atoms with Gasteiger partial charge in [0.05, 0.1) is 12.7 Å². The molecule has 0 aromatic heterocycles. The lowest BCUT2D eigenvalue weighted by atomic mass is 9.83. The van der Waals surface area contributed by atoms with Crippen molar-refractivity contribution in [3.63, 3.8) is 0 Å². The molecular weight excluding hydrogens is 341 g/mol. The molecule has 23 heavy (non-hydrogen) atoms. The number of halogens is 3. The van der Waals surface area contributed by atoms with E-state index >= 15 is 0 Å². The third-order valence-electron chi connectivity index (χ3n) is 4.87. The van der Waals surface area contributed by atoms with Crippen LogP contribution in [-0.2, 0) is 28.6 Å². The topological polar surface area (TPSA) is 78.9 Å². The van der Waals surface area contributed by atoms with E-state index in [2.05, 4.69) is 6.58 Å². The molecule has 1 aliphatic heterocycles. The lowest BCUT2D eigenvalue weighted by Gasteiger charge is -2.33. The highest BCUT2D eigenvalue weighted by atomic mass is 32.2. The highest BCUT2D eigenvalue weighted by molar-refractivity contribution is 7.88. The Kier molecular flexibility index (Phi) is 3.77. The Hall–Kier alpha value is -1.13. The van der Waals surface area contributed by atoms with Gasteiger partial charge >= 0.3 is 12.1 Å². The van der Waals surface area contributed by atoms with Gasteiger partial charge in [0.25, 0.3) is 10.1 Å². The van der Waals surface area contributed by atoms with E-state index in [1.807, 2.05) is 0 Å². The van der Waals surface area contributed by atoms with E-state index in [0.717, 1.165) is 6.08 Å². The fraction of sp³-hybridized carbons (Fsp3) is 0.769. The van der Waals surface area contributed by atoms with Crippen LogP contribution in [0.4, 0.5) is 13.2 Å². The molecule has 3 fully saturated rings. The molecule has 1 heterocycles. The van der Waals surface area contributed by atoms with Gasteiger partial charge in [0.1, 0.15) is 12.7 Å². The minimum atomic E-state index is -4.87. The summed E-state index contributed by atoms with van der Waals surface area (Å²) in [5, 5.41) is 0. The van der Waals surface area contributed by atoms with E-state index in [1.165, 1.54) is 0 Å². The Balaban J connectivity index is 1.70. The Morgan fingerprint density at radius 1 is 1.39 bits per heavy atom. The second-order valence-electron chi connectivity index (χ2n) is 5.92. The van der Waals surface area contributed by atoms with Crippen LogP contribution in [0.5, 0.6) is 0 Å². The van der Waals surface area contributed by atoms with Gasteiger partial charge in [-0.15, -0.1) is 0 Å². The molecule has 2 aliphatic carbocycles. The maximum Gasteiger partial charge on any atom is 0.410 e. The summed E-state index contributed by atoms with van der Waals surface area (Å²) in [7, 11) is -4.74. The molecule has 1 saturated heterocycles. The minimum absolute atomic E-state index is 0.0492. The largest absolute Gasteiger partial charge is 0.460 e. The summed E-state index contributed by atoms with van der Waals surface area (Å²) in [5.41, 5.74) is 0. The lowest BCUT2D eigenvalue weighted by molar-refractivity contribution is -0.179. The van der Waals surface area contributed by atoms with Gasteiger partial charge in [-0.2, -0.15) is 21.6 Å². The molecular formula is C13H15F3O6S. The summed E-state index contributed by atoms with van der Waals surface area (Å²) in [6.07, 6.45) is -6.21. The van der Waals surface area contributed by atoms with Crippen LogP contribution in [0.15, 0.2) is 12.7 Å². The highest BCUT2D eigenvalue weighted by Crippen LogP contribution is 2.66. The molecule has 6 nitrogen and oxygen atoms in total. The second kappa shape index (κ2) is 5.18. The summed E-state index contributed by atoms with van der Waals surface area (Å²) < 4.78 is 76.2. The van der Waals surface area contributed by atoms with E-state index < -0.39 is 57.5 Å². The number of alkyl halides is 3. The van der Waals surface area contributed by atoms with Gasteiger partial charge < -0.3 is 9.47 Å². The molecule has 5 atom stereocenters. The van der Waals surface area contributed by atoms with E-state index in [-0.39, 0.29) is 19.6 Å². The summed E-state index contributed by atoms with van der Waals surface area (Å²) in [4.78, 5) is 10.9. The summed E-state index contributed by atoms with van der Waals surface area (Å²) in [5.74, 6) is -2.32. The van der Waals surface area contributed by atoms with Crippen molar-refractivity contribution < 1.29 is 40.0 Å². The summed E-state index contributed by atoms with van der Waals surface area (Å²) in [6, 6.07) is 0. The van der Waals surface area contributed by atoms with Gasteiger partial charge in [0, 0.05) is 12.0 Å². The van der Waals surface area contributed by atoms with Crippen LogP contribution in [0.25, 0.3) is 0 Å². The fourth-order valence-electron chi connectivity index (χ4n) is 4.01. The number of rotatable bonds is 5. The quantitative estimate of drug-likeness (QED) is 0.318. The number of fused-ring (bicyclic) bond motifs is 1. The van der Waals surface area contributed by atoms with Crippen molar-refractivity contribution in [2.24, 2.45) is 11.8 Å². The smallest absolute Gasteiger partial charge is 0.410 e. The van der Waals surface area contributed by atoms with Crippen LogP contribution in [0.2, 0.25) is 0 Å². The Bertz CT molecular complexity index is 630. The molecule has 3 aliphatic rings. The van der Waals surface area contributed by atoms with Crippen LogP contribution in [0, 0.1) is 11.8 Å². The van der Waals surface area contributed by atoms with Crippen LogP contribution < -0.4 is 0 Å². The van der Waals surface area contributed by atoms with Gasteiger partial charge in [-0.05, 0) is 18.8 Å². The SMILES string of the molecule is C=CC(=O)OCCOC1C2CC3C1OS(=O)(=O)C3(C(F)(F)F)C2. The average molecular weight is 356 g/mol. The maximum atomic E-state index is 13.4. The molecule has 0 radical (unpaired) electrons. The van der Waals surface area contributed by atoms with Gasteiger partial charge in [-0.25, -0.2) is 4.79 Å². The first-order chi connectivity index (χ1) is 10.6. The first kappa shape index (κ1) is 16.7. The number of carbonyl (C=O) groups is 1. The Morgan fingerprint density at radius 3 is 2.70 bits per heavy atom. The van der Waals surface area contributed by atoms with Crippen molar-refractivity contribution in [3.8, 4) is 0 Å². The van der Waals surface area contributed by atoms with Crippen LogP contribution in [0.3, 0.4) is 0 Å². The highest BCUT2D eigenvalue weighted by Gasteiger charge is 2.82. The zero-order chi connectivity index (χ0) is 17.0. The van der Waals surface area contributed by atoms with Crippen LogP contribution in [0.1, 0.15) is 12.8 Å². The van der Waals surface area contributed by atoms with Crippen molar-refractivity contribution >= 4 is 16.1 Å². The van der Waals surface area contributed by atoms with E-state index in [1.54, 1.807) is 0 Å².